The first-order valence-corrected chi connectivity index (χ1v) is 4.32. The van der Waals surface area contributed by atoms with E-state index in [-0.39, 0.29) is 0 Å². The van der Waals surface area contributed by atoms with Crippen LogP contribution in [-0.4, -0.2) is 12.4 Å². The molecule has 1 aliphatic rings. The van der Waals surface area contributed by atoms with Gasteiger partial charge in [-0.15, -0.1) is 0 Å². The van der Waals surface area contributed by atoms with Gasteiger partial charge in [0.1, 0.15) is 12.4 Å². The first-order valence-electron chi connectivity index (χ1n) is 4.32. The van der Waals surface area contributed by atoms with Crippen molar-refractivity contribution >= 4 is 5.78 Å². The number of rotatable bonds is 4. The molecular weight excluding hydrogens is 152 g/mol. The molecule has 0 fully saturated rings. The zero-order chi connectivity index (χ0) is 8.81. The van der Waals surface area contributed by atoms with E-state index >= 15 is 0 Å². The highest BCUT2D eigenvalue weighted by molar-refractivity contribution is 5.81. The Kier molecular flexibility index (Phi) is 3.58. The lowest BCUT2D eigenvalue weighted by atomic mass is 10.1. The molecule has 1 aliphatic heterocycles. The first-order chi connectivity index (χ1) is 5.83. The van der Waals surface area contributed by atoms with E-state index < -0.39 is 0 Å². The molecule has 0 aromatic rings. The van der Waals surface area contributed by atoms with E-state index in [0.29, 0.717) is 25.2 Å². The second-order valence-corrected chi connectivity index (χ2v) is 2.89. The second kappa shape index (κ2) is 4.75. The molecule has 12 heavy (non-hydrogen) atoms. The second-order valence-electron chi connectivity index (χ2n) is 2.89. The van der Waals surface area contributed by atoms with Crippen LogP contribution in [0.3, 0.4) is 0 Å². The Morgan fingerprint density at radius 2 is 2.50 bits per heavy atom. The SMILES string of the molecule is CCCC(=O)CC1=COCC=C1. The van der Waals surface area contributed by atoms with Crippen LogP contribution in [0.4, 0.5) is 0 Å². The predicted octanol–water partition coefficient (Wildman–Crippen LogP) is 2.22. The van der Waals surface area contributed by atoms with Crippen LogP contribution >= 0.6 is 0 Å². The third kappa shape index (κ3) is 2.91. The minimum atomic E-state index is 0.291. The van der Waals surface area contributed by atoms with Crippen molar-refractivity contribution in [1.82, 2.24) is 0 Å². The van der Waals surface area contributed by atoms with Gasteiger partial charge in [0.25, 0.3) is 0 Å². The Labute approximate surface area is 72.9 Å². The van der Waals surface area contributed by atoms with Crippen LogP contribution in [0.2, 0.25) is 0 Å². The van der Waals surface area contributed by atoms with E-state index in [1.807, 2.05) is 19.1 Å². The summed E-state index contributed by atoms with van der Waals surface area (Å²) in [6.45, 7) is 2.64. The molecule has 0 bridgehead atoms. The number of carbonyl (C=O) groups excluding carboxylic acids is 1. The van der Waals surface area contributed by atoms with E-state index in [1.165, 1.54) is 0 Å². The molecule has 0 N–H and O–H groups in total. The molecule has 0 unspecified atom stereocenters. The van der Waals surface area contributed by atoms with E-state index in [2.05, 4.69) is 0 Å². The summed E-state index contributed by atoms with van der Waals surface area (Å²) in [7, 11) is 0. The van der Waals surface area contributed by atoms with Crippen LogP contribution in [0.1, 0.15) is 26.2 Å². The highest BCUT2D eigenvalue weighted by Crippen LogP contribution is 2.10. The minimum Gasteiger partial charge on any atom is -0.497 e. The summed E-state index contributed by atoms with van der Waals surface area (Å²) in [5.41, 5.74) is 0.986. The molecule has 0 aliphatic carbocycles. The van der Waals surface area contributed by atoms with Gasteiger partial charge in [0, 0.05) is 12.8 Å². The Morgan fingerprint density at radius 1 is 1.67 bits per heavy atom. The number of ketones is 1. The van der Waals surface area contributed by atoms with E-state index in [1.54, 1.807) is 6.26 Å². The number of carbonyl (C=O) groups is 1. The van der Waals surface area contributed by atoms with Gasteiger partial charge in [-0.1, -0.05) is 13.0 Å². The number of allylic oxidation sites excluding steroid dienone is 2. The fourth-order valence-corrected chi connectivity index (χ4v) is 1.14. The topological polar surface area (TPSA) is 26.3 Å². The standard InChI is InChI=1S/C10H14O2/c1-2-4-10(11)7-9-5-3-6-12-8-9/h3,5,8H,2,4,6-7H2,1H3. The van der Waals surface area contributed by atoms with Gasteiger partial charge in [-0.3, -0.25) is 4.79 Å². The lowest BCUT2D eigenvalue weighted by Crippen LogP contribution is -2.00. The summed E-state index contributed by atoms with van der Waals surface area (Å²) in [5, 5.41) is 0. The number of hydrogen-bond donors (Lipinski definition) is 0. The van der Waals surface area contributed by atoms with E-state index in [4.69, 9.17) is 4.74 Å². The van der Waals surface area contributed by atoms with Gasteiger partial charge in [0.2, 0.25) is 0 Å². The molecule has 0 aromatic heterocycles. The van der Waals surface area contributed by atoms with Crippen LogP contribution in [-0.2, 0) is 9.53 Å². The lowest BCUT2D eigenvalue weighted by molar-refractivity contribution is -0.118. The van der Waals surface area contributed by atoms with Crippen LogP contribution < -0.4 is 0 Å². The highest BCUT2D eigenvalue weighted by atomic mass is 16.5. The third-order valence-electron chi connectivity index (χ3n) is 1.69. The fraction of sp³-hybridized carbons (Fsp3) is 0.500. The molecule has 0 aromatic carbocycles. The normalized spacial score (nSPS) is 15.2. The maximum atomic E-state index is 11.2. The Hall–Kier alpha value is -1.05. The number of ether oxygens (including phenoxy) is 1. The Bertz CT molecular complexity index is 214. The third-order valence-corrected chi connectivity index (χ3v) is 1.69. The van der Waals surface area contributed by atoms with Crippen molar-refractivity contribution in [2.24, 2.45) is 0 Å². The molecule has 2 heteroatoms. The van der Waals surface area contributed by atoms with Gasteiger partial charge >= 0.3 is 0 Å². The zero-order valence-corrected chi connectivity index (χ0v) is 7.38. The molecule has 0 saturated heterocycles. The molecule has 1 rings (SSSR count). The summed E-state index contributed by atoms with van der Waals surface area (Å²) < 4.78 is 5.06. The fourth-order valence-electron chi connectivity index (χ4n) is 1.14. The van der Waals surface area contributed by atoms with E-state index in [0.717, 1.165) is 12.0 Å². The van der Waals surface area contributed by atoms with Crippen LogP contribution in [0.5, 0.6) is 0 Å². The van der Waals surface area contributed by atoms with Crippen molar-refractivity contribution in [2.75, 3.05) is 6.61 Å². The lowest BCUT2D eigenvalue weighted by Gasteiger charge is -2.06. The number of Topliss-reactive ketones (excluding diaryl/α,β-unsaturated/α-hetero) is 1. The summed E-state index contributed by atoms with van der Waals surface area (Å²) in [6.07, 6.45) is 7.67. The smallest absolute Gasteiger partial charge is 0.137 e. The molecule has 66 valence electrons. The predicted molar refractivity (Wildman–Crippen MR) is 47.7 cm³/mol. The molecule has 1 heterocycles. The van der Waals surface area contributed by atoms with Crippen molar-refractivity contribution in [1.29, 1.82) is 0 Å². The van der Waals surface area contributed by atoms with Gasteiger partial charge in [0.05, 0.1) is 6.26 Å². The summed E-state index contributed by atoms with van der Waals surface area (Å²) in [5.74, 6) is 0.291. The quantitative estimate of drug-likeness (QED) is 0.640. The summed E-state index contributed by atoms with van der Waals surface area (Å²) in [6, 6.07) is 0. The van der Waals surface area contributed by atoms with Crippen LogP contribution in [0.25, 0.3) is 0 Å². The van der Waals surface area contributed by atoms with Crippen molar-refractivity contribution in [2.45, 2.75) is 26.2 Å². The molecule has 0 amide bonds. The van der Waals surface area contributed by atoms with Crippen LogP contribution in [0, 0.1) is 0 Å². The van der Waals surface area contributed by atoms with Gasteiger partial charge in [-0.25, -0.2) is 0 Å². The summed E-state index contributed by atoms with van der Waals surface area (Å²) in [4.78, 5) is 11.2. The monoisotopic (exact) mass is 166 g/mol. The zero-order valence-electron chi connectivity index (χ0n) is 7.38. The van der Waals surface area contributed by atoms with Crippen molar-refractivity contribution < 1.29 is 9.53 Å². The number of hydrogen-bond acceptors (Lipinski definition) is 2. The Balaban J connectivity index is 2.35. The van der Waals surface area contributed by atoms with Gasteiger partial charge < -0.3 is 4.74 Å². The van der Waals surface area contributed by atoms with Gasteiger partial charge in [-0.2, -0.15) is 0 Å². The van der Waals surface area contributed by atoms with Crippen molar-refractivity contribution in [3.63, 3.8) is 0 Å². The van der Waals surface area contributed by atoms with Gasteiger partial charge in [0.15, 0.2) is 0 Å². The van der Waals surface area contributed by atoms with Gasteiger partial charge in [-0.05, 0) is 18.1 Å². The van der Waals surface area contributed by atoms with Crippen molar-refractivity contribution in [3.8, 4) is 0 Å². The first kappa shape index (κ1) is 9.04. The average molecular weight is 166 g/mol. The van der Waals surface area contributed by atoms with Crippen LogP contribution in [0.15, 0.2) is 24.0 Å². The van der Waals surface area contributed by atoms with E-state index in [9.17, 15) is 4.79 Å². The summed E-state index contributed by atoms with van der Waals surface area (Å²) >= 11 is 0. The Morgan fingerprint density at radius 3 is 3.08 bits per heavy atom. The minimum absolute atomic E-state index is 0.291. The highest BCUT2D eigenvalue weighted by Gasteiger charge is 2.04. The largest absolute Gasteiger partial charge is 0.497 e. The molecular formula is C10H14O2. The average Bonchev–Trinajstić information content (AvgIpc) is 2.06. The molecule has 0 radical (unpaired) electrons. The molecule has 0 spiro atoms. The maximum absolute atomic E-state index is 11.2. The molecule has 0 saturated carbocycles. The molecule has 2 nitrogen and oxygen atoms in total. The molecule has 0 atom stereocenters. The maximum Gasteiger partial charge on any atom is 0.137 e. The van der Waals surface area contributed by atoms with Crippen molar-refractivity contribution in [3.05, 3.63) is 24.0 Å².